The van der Waals surface area contributed by atoms with Gasteiger partial charge in [-0.15, -0.1) is 0 Å². The van der Waals surface area contributed by atoms with Crippen LogP contribution in [0.3, 0.4) is 0 Å². The van der Waals surface area contributed by atoms with Crippen LogP contribution in [-0.2, 0) is 22.4 Å². The third-order valence-electron chi connectivity index (χ3n) is 3.83. The van der Waals surface area contributed by atoms with Gasteiger partial charge in [-0.3, -0.25) is 9.48 Å². The van der Waals surface area contributed by atoms with Crippen molar-refractivity contribution in [1.82, 2.24) is 9.78 Å². The van der Waals surface area contributed by atoms with E-state index in [1.807, 2.05) is 35.1 Å². The van der Waals surface area contributed by atoms with Gasteiger partial charge in [0, 0.05) is 12.2 Å². The topological polar surface area (TPSA) is 44.1 Å². The van der Waals surface area contributed by atoms with E-state index in [9.17, 15) is 4.79 Å². The maximum atomic E-state index is 12.5. The van der Waals surface area contributed by atoms with Crippen LogP contribution in [0.1, 0.15) is 42.8 Å². The number of carbonyl (C=O) groups excluding carboxylic acids is 1. The number of benzene rings is 1. The number of ether oxygens (including phenoxy) is 1. The summed E-state index contributed by atoms with van der Waals surface area (Å²) in [6.07, 6.45) is 2.67. The van der Waals surface area contributed by atoms with Gasteiger partial charge in [0.25, 0.3) is 0 Å². The fourth-order valence-corrected chi connectivity index (χ4v) is 2.69. The minimum atomic E-state index is -0.445. The molecule has 1 aromatic heterocycles. The van der Waals surface area contributed by atoms with Gasteiger partial charge in [-0.2, -0.15) is 5.10 Å². The molecule has 0 radical (unpaired) electrons. The van der Waals surface area contributed by atoms with Gasteiger partial charge in [-0.1, -0.05) is 24.3 Å². The van der Waals surface area contributed by atoms with Gasteiger partial charge in [0.05, 0.1) is 18.7 Å². The summed E-state index contributed by atoms with van der Waals surface area (Å²) in [6.45, 7) is 4.74. The number of Topliss-reactive ketones (excluding diaryl/α,β-unsaturated/α-hetero) is 1. The summed E-state index contributed by atoms with van der Waals surface area (Å²) in [4.78, 5) is 12.5. The monoisotopic (exact) mass is 284 g/mol. The molecule has 0 saturated carbocycles. The van der Waals surface area contributed by atoms with Crippen LogP contribution in [0.2, 0.25) is 0 Å². The summed E-state index contributed by atoms with van der Waals surface area (Å²) in [5, 5.41) is 4.44. The van der Waals surface area contributed by atoms with E-state index < -0.39 is 6.10 Å². The Morgan fingerprint density at radius 3 is 2.95 bits per heavy atom. The van der Waals surface area contributed by atoms with Gasteiger partial charge >= 0.3 is 0 Å². The lowest BCUT2D eigenvalue weighted by Gasteiger charge is -2.24. The molecule has 0 spiro atoms. The molecule has 4 nitrogen and oxygen atoms in total. The van der Waals surface area contributed by atoms with Gasteiger partial charge in [0.15, 0.2) is 5.78 Å². The Balaban J connectivity index is 1.77. The van der Waals surface area contributed by atoms with E-state index in [4.69, 9.17) is 4.74 Å². The molecule has 0 aliphatic carbocycles. The maximum absolute atomic E-state index is 12.5. The Hall–Kier alpha value is -1.94. The van der Waals surface area contributed by atoms with Crippen molar-refractivity contribution in [2.75, 3.05) is 6.61 Å². The van der Waals surface area contributed by atoms with Crippen LogP contribution in [0.25, 0.3) is 0 Å². The molecule has 2 aromatic rings. The molecule has 0 N–H and O–H groups in total. The molecule has 1 unspecified atom stereocenters. The molecule has 0 bridgehead atoms. The van der Waals surface area contributed by atoms with Crippen LogP contribution < -0.4 is 0 Å². The molecule has 0 saturated heterocycles. The average molecular weight is 284 g/mol. The van der Waals surface area contributed by atoms with E-state index in [2.05, 4.69) is 25.0 Å². The molecule has 1 aliphatic heterocycles. The van der Waals surface area contributed by atoms with Crippen molar-refractivity contribution in [3.63, 3.8) is 0 Å². The zero-order chi connectivity index (χ0) is 14.8. The van der Waals surface area contributed by atoms with Crippen LogP contribution >= 0.6 is 0 Å². The van der Waals surface area contributed by atoms with E-state index in [0.717, 1.165) is 17.7 Å². The normalized spacial score (nSPS) is 17.8. The number of carbonyl (C=O) groups is 1. The zero-order valence-electron chi connectivity index (χ0n) is 12.5. The smallest absolute Gasteiger partial charge is 0.172 e. The lowest BCUT2D eigenvalue weighted by Crippen LogP contribution is -2.24. The number of ketones is 1. The van der Waals surface area contributed by atoms with Crippen molar-refractivity contribution in [3.8, 4) is 0 Å². The third-order valence-corrected chi connectivity index (χ3v) is 3.83. The summed E-state index contributed by atoms with van der Waals surface area (Å²) in [7, 11) is 0. The van der Waals surface area contributed by atoms with Crippen molar-refractivity contribution >= 4 is 5.78 Å². The second-order valence-corrected chi connectivity index (χ2v) is 5.72. The minimum Gasteiger partial charge on any atom is -0.365 e. The molecule has 3 rings (SSSR count). The van der Waals surface area contributed by atoms with Gasteiger partial charge in [-0.05, 0) is 37.5 Å². The van der Waals surface area contributed by atoms with Crippen molar-refractivity contribution < 1.29 is 9.53 Å². The highest BCUT2D eigenvalue weighted by atomic mass is 16.5. The summed E-state index contributed by atoms with van der Waals surface area (Å²) < 4.78 is 7.58. The zero-order valence-corrected chi connectivity index (χ0v) is 12.5. The molecular weight excluding hydrogens is 264 g/mol. The quantitative estimate of drug-likeness (QED) is 0.867. The number of hydrogen-bond acceptors (Lipinski definition) is 3. The molecule has 0 fully saturated rings. The number of rotatable bonds is 4. The summed E-state index contributed by atoms with van der Waals surface area (Å²) >= 11 is 0. The minimum absolute atomic E-state index is 0.0798. The summed E-state index contributed by atoms with van der Waals surface area (Å²) in [5.74, 6) is 0.0798. The highest BCUT2D eigenvalue weighted by molar-refractivity contribution is 5.86. The first-order chi connectivity index (χ1) is 10.1. The van der Waals surface area contributed by atoms with Crippen LogP contribution in [0.5, 0.6) is 0 Å². The van der Waals surface area contributed by atoms with Gasteiger partial charge < -0.3 is 4.74 Å². The Bertz CT molecular complexity index is 646. The predicted molar refractivity (Wildman–Crippen MR) is 80.2 cm³/mol. The average Bonchev–Trinajstić information content (AvgIpc) is 2.95. The Kier molecular flexibility index (Phi) is 3.88. The van der Waals surface area contributed by atoms with Crippen LogP contribution in [0.4, 0.5) is 0 Å². The fourth-order valence-electron chi connectivity index (χ4n) is 2.69. The summed E-state index contributed by atoms with van der Waals surface area (Å²) in [5.41, 5.74) is 3.03. The maximum Gasteiger partial charge on any atom is 0.172 e. The molecular formula is C17H20N2O2. The molecule has 1 aliphatic rings. The Morgan fingerprint density at radius 2 is 2.19 bits per heavy atom. The van der Waals surface area contributed by atoms with E-state index in [-0.39, 0.29) is 5.78 Å². The molecule has 21 heavy (non-hydrogen) atoms. The van der Waals surface area contributed by atoms with E-state index in [1.54, 1.807) is 0 Å². The van der Waals surface area contributed by atoms with E-state index in [1.165, 1.54) is 5.56 Å². The van der Waals surface area contributed by atoms with Crippen LogP contribution in [-0.4, -0.2) is 22.2 Å². The molecule has 4 heteroatoms. The number of fused-ring (bicyclic) bond motifs is 1. The van der Waals surface area contributed by atoms with E-state index in [0.29, 0.717) is 19.1 Å². The second kappa shape index (κ2) is 5.82. The Labute approximate surface area is 124 Å². The molecule has 0 amide bonds. The van der Waals surface area contributed by atoms with Crippen molar-refractivity contribution in [2.24, 2.45) is 0 Å². The largest absolute Gasteiger partial charge is 0.365 e. The molecule has 1 atom stereocenters. The predicted octanol–water partition coefficient (Wildman–Crippen LogP) is 2.89. The first kappa shape index (κ1) is 14.0. The number of aromatic nitrogens is 2. The van der Waals surface area contributed by atoms with Gasteiger partial charge in [-0.25, -0.2) is 0 Å². The van der Waals surface area contributed by atoms with Crippen molar-refractivity contribution in [2.45, 2.75) is 38.8 Å². The SMILES string of the molecule is CC(C)n1ccc(CC(=O)C2OCCc3ccccc32)n1. The lowest BCUT2D eigenvalue weighted by atomic mass is 9.94. The fraction of sp³-hybridized carbons (Fsp3) is 0.412. The standard InChI is InChI=1S/C17H20N2O2/c1-12(2)19-9-7-14(18-19)11-16(20)17-15-6-4-3-5-13(15)8-10-21-17/h3-7,9,12,17H,8,10-11H2,1-2H3. The third kappa shape index (κ3) is 2.90. The highest BCUT2D eigenvalue weighted by Gasteiger charge is 2.27. The van der Waals surface area contributed by atoms with Crippen LogP contribution in [0, 0.1) is 0 Å². The first-order valence-electron chi connectivity index (χ1n) is 7.41. The van der Waals surface area contributed by atoms with Crippen LogP contribution in [0.15, 0.2) is 36.5 Å². The molecule has 2 heterocycles. The molecule has 110 valence electrons. The molecule has 1 aromatic carbocycles. The summed E-state index contributed by atoms with van der Waals surface area (Å²) in [6, 6.07) is 10.2. The van der Waals surface area contributed by atoms with E-state index >= 15 is 0 Å². The number of hydrogen-bond donors (Lipinski definition) is 0. The van der Waals surface area contributed by atoms with Crippen molar-refractivity contribution in [1.29, 1.82) is 0 Å². The first-order valence-corrected chi connectivity index (χ1v) is 7.41. The Morgan fingerprint density at radius 1 is 1.38 bits per heavy atom. The second-order valence-electron chi connectivity index (χ2n) is 5.72. The lowest BCUT2D eigenvalue weighted by molar-refractivity contribution is -0.131. The van der Waals surface area contributed by atoms with Crippen molar-refractivity contribution in [3.05, 3.63) is 53.3 Å². The highest BCUT2D eigenvalue weighted by Crippen LogP contribution is 2.28. The van der Waals surface area contributed by atoms with Gasteiger partial charge in [0.2, 0.25) is 0 Å². The van der Waals surface area contributed by atoms with Gasteiger partial charge in [0.1, 0.15) is 6.10 Å². The number of nitrogens with zero attached hydrogens (tertiary/aromatic N) is 2.